The average Bonchev–Trinajstić information content (AvgIpc) is 3.06. The Morgan fingerprint density at radius 3 is 2.59 bits per heavy atom. The monoisotopic (exact) mass is 394 g/mol. The van der Waals surface area contributed by atoms with Gasteiger partial charge >= 0.3 is 0 Å². The van der Waals surface area contributed by atoms with Crippen molar-refractivity contribution in [1.82, 2.24) is 9.80 Å². The van der Waals surface area contributed by atoms with E-state index in [1.807, 2.05) is 0 Å². The number of carbonyl (C=O) groups excluding carboxylic acids is 2. The molecule has 2 saturated heterocycles. The number of benzene rings is 1. The Bertz CT molecular complexity index is 838. The standard InChI is InChI=1S/C19H26N2O5S/c1-26-13-12-20-10-4-8-19(18(20)23)9-5-11-21(19)17(22)15-6-3-7-16(14-15)27(2,24)25/h3,6-7,14H,4-5,8-13H2,1-2H3. The maximum absolute atomic E-state index is 13.2. The molecule has 1 spiro atoms. The highest BCUT2D eigenvalue weighted by Gasteiger charge is 2.52. The summed E-state index contributed by atoms with van der Waals surface area (Å²) < 4.78 is 28.7. The van der Waals surface area contributed by atoms with Crippen LogP contribution in [0, 0.1) is 0 Å². The lowest BCUT2D eigenvalue weighted by molar-refractivity contribution is -0.146. The largest absolute Gasteiger partial charge is 0.383 e. The van der Waals surface area contributed by atoms with E-state index in [0.29, 0.717) is 44.6 Å². The van der Waals surface area contributed by atoms with Gasteiger partial charge in [0, 0.05) is 38.6 Å². The first kappa shape index (κ1) is 19.8. The summed E-state index contributed by atoms with van der Waals surface area (Å²) in [5.74, 6) is -0.296. The Morgan fingerprint density at radius 2 is 1.93 bits per heavy atom. The summed E-state index contributed by atoms with van der Waals surface area (Å²) in [5, 5.41) is 0. The van der Waals surface area contributed by atoms with Gasteiger partial charge in [-0.2, -0.15) is 0 Å². The Labute approximate surface area is 160 Å². The van der Waals surface area contributed by atoms with Crippen LogP contribution in [0.15, 0.2) is 29.2 Å². The quantitative estimate of drug-likeness (QED) is 0.752. The zero-order valence-corrected chi connectivity index (χ0v) is 16.6. The molecule has 1 unspecified atom stereocenters. The molecule has 0 aromatic heterocycles. The lowest BCUT2D eigenvalue weighted by Crippen LogP contribution is -2.61. The van der Waals surface area contributed by atoms with Crippen LogP contribution in [-0.2, 0) is 19.4 Å². The molecule has 148 valence electrons. The van der Waals surface area contributed by atoms with E-state index in [2.05, 4.69) is 0 Å². The lowest BCUT2D eigenvalue weighted by Gasteiger charge is -2.44. The fraction of sp³-hybridized carbons (Fsp3) is 0.579. The topological polar surface area (TPSA) is 84.0 Å². The van der Waals surface area contributed by atoms with Gasteiger partial charge in [-0.15, -0.1) is 0 Å². The smallest absolute Gasteiger partial charge is 0.254 e. The predicted octanol–water partition coefficient (Wildman–Crippen LogP) is 1.33. The summed E-state index contributed by atoms with van der Waals surface area (Å²) in [6, 6.07) is 6.06. The zero-order chi connectivity index (χ0) is 19.7. The number of amides is 2. The number of nitrogens with zero attached hydrogens (tertiary/aromatic N) is 2. The number of rotatable bonds is 5. The maximum Gasteiger partial charge on any atom is 0.254 e. The third kappa shape index (κ3) is 3.73. The molecule has 0 N–H and O–H groups in total. The number of carbonyl (C=O) groups is 2. The van der Waals surface area contributed by atoms with E-state index >= 15 is 0 Å². The summed E-state index contributed by atoms with van der Waals surface area (Å²) >= 11 is 0. The van der Waals surface area contributed by atoms with Crippen molar-refractivity contribution in [3.63, 3.8) is 0 Å². The fourth-order valence-electron chi connectivity index (χ4n) is 4.15. The normalized spacial score (nSPS) is 23.3. The van der Waals surface area contributed by atoms with E-state index in [4.69, 9.17) is 4.74 Å². The molecule has 1 atom stereocenters. The molecule has 2 fully saturated rings. The first-order valence-electron chi connectivity index (χ1n) is 9.20. The van der Waals surface area contributed by atoms with Crippen LogP contribution in [0.25, 0.3) is 0 Å². The molecule has 7 nitrogen and oxygen atoms in total. The van der Waals surface area contributed by atoms with Gasteiger partial charge in [0.2, 0.25) is 5.91 Å². The lowest BCUT2D eigenvalue weighted by atomic mass is 9.85. The van der Waals surface area contributed by atoms with Crippen LogP contribution in [0.3, 0.4) is 0 Å². The van der Waals surface area contributed by atoms with Crippen molar-refractivity contribution in [2.75, 3.05) is 39.6 Å². The molecule has 2 heterocycles. The van der Waals surface area contributed by atoms with Crippen molar-refractivity contribution in [3.05, 3.63) is 29.8 Å². The minimum atomic E-state index is -3.41. The maximum atomic E-state index is 13.2. The molecular weight excluding hydrogens is 368 g/mol. The number of methoxy groups -OCH3 is 1. The van der Waals surface area contributed by atoms with Crippen LogP contribution in [0.5, 0.6) is 0 Å². The fourth-order valence-corrected chi connectivity index (χ4v) is 4.82. The summed E-state index contributed by atoms with van der Waals surface area (Å²) in [4.78, 5) is 30.0. The Balaban J connectivity index is 1.90. The highest BCUT2D eigenvalue weighted by molar-refractivity contribution is 7.90. The highest BCUT2D eigenvalue weighted by atomic mass is 32.2. The number of sulfone groups is 1. The summed E-state index contributed by atoms with van der Waals surface area (Å²) in [6.07, 6.45) is 4.01. The van der Waals surface area contributed by atoms with Crippen molar-refractivity contribution >= 4 is 21.7 Å². The molecule has 2 amide bonds. The summed E-state index contributed by atoms with van der Waals surface area (Å²) in [5.41, 5.74) is -0.509. The predicted molar refractivity (Wildman–Crippen MR) is 100 cm³/mol. The van der Waals surface area contributed by atoms with Crippen LogP contribution >= 0.6 is 0 Å². The van der Waals surface area contributed by atoms with Crippen molar-refractivity contribution in [1.29, 1.82) is 0 Å². The molecule has 1 aromatic carbocycles. The van der Waals surface area contributed by atoms with E-state index < -0.39 is 15.4 Å². The van der Waals surface area contributed by atoms with E-state index in [1.165, 1.54) is 12.1 Å². The van der Waals surface area contributed by atoms with E-state index in [1.54, 1.807) is 29.0 Å². The third-order valence-electron chi connectivity index (χ3n) is 5.51. The molecule has 8 heteroatoms. The van der Waals surface area contributed by atoms with Crippen LogP contribution < -0.4 is 0 Å². The Kier molecular flexibility index (Phi) is 5.58. The number of likely N-dealkylation sites (tertiary alicyclic amines) is 2. The molecule has 0 aliphatic carbocycles. The SMILES string of the molecule is COCCN1CCCC2(CCCN2C(=O)c2cccc(S(C)(=O)=O)c2)C1=O. The molecule has 0 bridgehead atoms. The van der Waals surface area contributed by atoms with Crippen molar-refractivity contribution in [2.45, 2.75) is 36.1 Å². The summed E-state index contributed by atoms with van der Waals surface area (Å²) in [6.45, 7) is 2.16. The van der Waals surface area contributed by atoms with Crippen molar-refractivity contribution in [3.8, 4) is 0 Å². The summed E-state index contributed by atoms with van der Waals surface area (Å²) in [7, 11) is -1.80. The molecule has 27 heavy (non-hydrogen) atoms. The highest BCUT2D eigenvalue weighted by Crippen LogP contribution is 2.39. The van der Waals surface area contributed by atoms with Crippen molar-refractivity contribution in [2.24, 2.45) is 0 Å². The first-order chi connectivity index (χ1) is 12.8. The number of hydrogen-bond acceptors (Lipinski definition) is 5. The number of ether oxygens (including phenoxy) is 1. The van der Waals surface area contributed by atoms with E-state index in [0.717, 1.165) is 19.1 Å². The van der Waals surface area contributed by atoms with Gasteiger partial charge in [-0.25, -0.2) is 8.42 Å². The van der Waals surface area contributed by atoms with Gasteiger partial charge < -0.3 is 14.5 Å². The molecule has 0 saturated carbocycles. The van der Waals surface area contributed by atoms with Gasteiger partial charge in [0.25, 0.3) is 5.91 Å². The van der Waals surface area contributed by atoms with Crippen LogP contribution in [0.2, 0.25) is 0 Å². The minimum Gasteiger partial charge on any atom is -0.383 e. The molecule has 2 aliphatic rings. The van der Waals surface area contributed by atoms with Gasteiger partial charge in [-0.1, -0.05) is 6.07 Å². The average molecular weight is 394 g/mol. The van der Waals surface area contributed by atoms with Crippen LogP contribution in [-0.4, -0.2) is 75.2 Å². The third-order valence-corrected chi connectivity index (χ3v) is 6.62. The molecule has 2 aliphatic heterocycles. The van der Waals surface area contributed by atoms with Crippen molar-refractivity contribution < 1.29 is 22.7 Å². The van der Waals surface area contributed by atoms with Crippen LogP contribution in [0.1, 0.15) is 36.0 Å². The number of hydrogen-bond donors (Lipinski definition) is 0. The second-order valence-electron chi connectivity index (χ2n) is 7.28. The second kappa shape index (κ2) is 7.59. The molecular formula is C19H26N2O5S. The Hall–Kier alpha value is -1.93. The molecule has 1 aromatic rings. The number of piperidine rings is 1. The second-order valence-corrected chi connectivity index (χ2v) is 9.30. The van der Waals surface area contributed by atoms with Gasteiger partial charge in [-0.05, 0) is 43.9 Å². The van der Waals surface area contributed by atoms with Gasteiger partial charge in [0.05, 0.1) is 11.5 Å². The first-order valence-corrected chi connectivity index (χ1v) is 11.1. The molecule has 0 radical (unpaired) electrons. The Morgan fingerprint density at radius 1 is 1.22 bits per heavy atom. The zero-order valence-electron chi connectivity index (χ0n) is 15.8. The van der Waals surface area contributed by atoms with E-state index in [-0.39, 0.29) is 16.7 Å². The van der Waals surface area contributed by atoms with E-state index in [9.17, 15) is 18.0 Å². The molecule has 3 rings (SSSR count). The van der Waals surface area contributed by atoms with Gasteiger partial charge in [0.1, 0.15) is 5.54 Å². The minimum absolute atomic E-state index is 0.0177. The van der Waals surface area contributed by atoms with Gasteiger partial charge in [0.15, 0.2) is 9.84 Å². The van der Waals surface area contributed by atoms with Crippen LogP contribution in [0.4, 0.5) is 0 Å². The van der Waals surface area contributed by atoms with Gasteiger partial charge in [-0.3, -0.25) is 9.59 Å².